The van der Waals surface area contributed by atoms with Crippen molar-refractivity contribution in [2.24, 2.45) is 0 Å². The standard InChI is InChI=1S/C6H10Br2/c1-2-3-4-6(8)5-7/h2-3,6H,4-5H2,1H3. The Bertz CT molecular complexity index is 68.9. The lowest BCUT2D eigenvalue weighted by molar-refractivity contribution is 1.02. The van der Waals surface area contributed by atoms with Crippen LogP contribution >= 0.6 is 31.9 Å². The fourth-order valence-electron chi connectivity index (χ4n) is 0.347. The summed E-state index contributed by atoms with van der Waals surface area (Å²) >= 11 is 6.84. The molecular formula is C6H10Br2. The first-order valence-electron chi connectivity index (χ1n) is 2.62. The van der Waals surface area contributed by atoms with Crippen molar-refractivity contribution in [2.75, 3.05) is 5.33 Å². The predicted octanol–water partition coefficient (Wildman–Crippen LogP) is 3.11. The molecule has 0 bridgehead atoms. The van der Waals surface area contributed by atoms with E-state index in [2.05, 4.69) is 44.0 Å². The van der Waals surface area contributed by atoms with Gasteiger partial charge in [-0.25, -0.2) is 0 Å². The fraction of sp³-hybridized carbons (Fsp3) is 0.667. The molecule has 0 saturated heterocycles. The molecule has 0 rings (SSSR count). The third-order valence-electron chi connectivity index (χ3n) is 0.795. The van der Waals surface area contributed by atoms with Crippen LogP contribution in [0.5, 0.6) is 0 Å². The molecule has 0 aliphatic carbocycles. The van der Waals surface area contributed by atoms with Crippen LogP contribution < -0.4 is 0 Å². The van der Waals surface area contributed by atoms with E-state index in [0.29, 0.717) is 4.83 Å². The van der Waals surface area contributed by atoms with Crippen LogP contribution in [0.1, 0.15) is 13.3 Å². The summed E-state index contributed by atoms with van der Waals surface area (Å²) in [6, 6.07) is 0. The molecule has 0 aromatic heterocycles. The summed E-state index contributed by atoms with van der Waals surface area (Å²) in [5.41, 5.74) is 0. The van der Waals surface area contributed by atoms with Gasteiger partial charge in [-0.15, -0.1) is 0 Å². The second-order valence-electron chi connectivity index (χ2n) is 1.56. The van der Waals surface area contributed by atoms with Gasteiger partial charge in [-0.1, -0.05) is 44.0 Å². The third kappa shape index (κ3) is 4.85. The number of allylic oxidation sites excluding steroid dienone is 2. The summed E-state index contributed by atoms with van der Waals surface area (Å²) in [4.78, 5) is 0.596. The molecule has 8 heavy (non-hydrogen) atoms. The minimum atomic E-state index is 0.596. The Morgan fingerprint density at radius 1 is 1.62 bits per heavy atom. The second kappa shape index (κ2) is 5.83. The lowest BCUT2D eigenvalue weighted by atomic mass is 10.3. The van der Waals surface area contributed by atoms with Gasteiger partial charge in [0.25, 0.3) is 0 Å². The Hall–Kier alpha value is 0.700. The van der Waals surface area contributed by atoms with Gasteiger partial charge in [-0.05, 0) is 13.3 Å². The van der Waals surface area contributed by atoms with Crippen molar-refractivity contribution >= 4 is 31.9 Å². The van der Waals surface area contributed by atoms with E-state index in [4.69, 9.17) is 0 Å². The Morgan fingerprint density at radius 3 is 2.62 bits per heavy atom. The number of hydrogen-bond acceptors (Lipinski definition) is 0. The lowest BCUT2D eigenvalue weighted by Gasteiger charge is -1.97. The van der Waals surface area contributed by atoms with Crippen molar-refractivity contribution in [3.63, 3.8) is 0 Å². The van der Waals surface area contributed by atoms with Crippen LogP contribution in [0.15, 0.2) is 12.2 Å². The van der Waals surface area contributed by atoms with E-state index in [1.807, 2.05) is 6.92 Å². The minimum absolute atomic E-state index is 0.596. The molecule has 0 aromatic rings. The van der Waals surface area contributed by atoms with Crippen LogP contribution in [0.4, 0.5) is 0 Å². The molecule has 0 aliphatic heterocycles. The van der Waals surface area contributed by atoms with Crippen molar-refractivity contribution < 1.29 is 0 Å². The topological polar surface area (TPSA) is 0 Å². The summed E-state index contributed by atoms with van der Waals surface area (Å²) in [5, 5.41) is 1.03. The minimum Gasteiger partial charge on any atom is -0.0916 e. The number of hydrogen-bond donors (Lipinski definition) is 0. The molecule has 1 atom stereocenters. The van der Waals surface area contributed by atoms with E-state index >= 15 is 0 Å². The number of halogens is 2. The molecule has 0 spiro atoms. The van der Waals surface area contributed by atoms with Gasteiger partial charge in [0.15, 0.2) is 0 Å². The first-order chi connectivity index (χ1) is 3.81. The van der Waals surface area contributed by atoms with E-state index < -0.39 is 0 Å². The Labute approximate surface area is 67.6 Å². The van der Waals surface area contributed by atoms with Crippen LogP contribution in [0.25, 0.3) is 0 Å². The van der Waals surface area contributed by atoms with Crippen LogP contribution in [-0.4, -0.2) is 10.2 Å². The third-order valence-corrected chi connectivity index (χ3v) is 3.14. The quantitative estimate of drug-likeness (QED) is 0.526. The largest absolute Gasteiger partial charge is 0.0916 e. The summed E-state index contributed by atoms with van der Waals surface area (Å²) < 4.78 is 0. The highest BCUT2D eigenvalue weighted by atomic mass is 79.9. The first kappa shape index (κ1) is 8.70. The molecule has 2 heteroatoms. The molecule has 0 aromatic carbocycles. The van der Waals surface area contributed by atoms with E-state index in [1.54, 1.807) is 0 Å². The number of alkyl halides is 2. The maximum Gasteiger partial charge on any atom is 0.0277 e. The zero-order chi connectivity index (χ0) is 6.41. The average molecular weight is 242 g/mol. The summed E-state index contributed by atoms with van der Waals surface area (Å²) in [6.45, 7) is 2.04. The Kier molecular flexibility index (Phi) is 6.34. The zero-order valence-corrected chi connectivity index (χ0v) is 8.07. The van der Waals surface area contributed by atoms with Crippen LogP contribution in [0, 0.1) is 0 Å². The van der Waals surface area contributed by atoms with Crippen LogP contribution in [-0.2, 0) is 0 Å². The van der Waals surface area contributed by atoms with Gasteiger partial charge in [0.05, 0.1) is 0 Å². The van der Waals surface area contributed by atoms with Gasteiger partial charge >= 0.3 is 0 Å². The monoisotopic (exact) mass is 240 g/mol. The summed E-state index contributed by atoms with van der Waals surface area (Å²) in [6.07, 6.45) is 5.33. The van der Waals surface area contributed by atoms with E-state index in [9.17, 15) is 0 Å². The summed E-state index contributed by atoms with van der Waals surface area (Å²) in [7, 11) is 0. The van der Waals surface area contributed by atoms with Crippen molar-refractivity contribution in [2.45, 2.75) is 18.2 Å². The van der Waals surface area contributed by atoms with E-state index in [0.717, 1.165) is 11.8 Å². The predicted molar refractivity (Wildman–Crippen MR) is 45.9 cm³/mol. The highest BCUT2D eigenvalue weighted by molar-refractivity contribution is 9.12. The smallest absolute Gasteiger partial charge is 0.0277 e. The average Bonchev–Trinajstić information content (AvgIpc) is 1.83. The van der Waals surface area contributed by atoms with Crippen molar-refractivity contribution in [1.29, 1.82) is 0 Å². The zero-order valence-electron chi connectivity index (χ0n) is 4.90. The molecule has 0 aliphatic rings. The van der Waals surface area contributed by atoms with Gasteiger partial charge in [-0.2, -0.15) is 0 Å². The van der Waals surface area contributed by atoms with Gasteiger partial charge < -0.3 is 0 Å². The normalized spacial score (nSPS) is 14.9. The fourth-order valence-corrected chi connectivity index (χ4v) is 0.827. The molecule has 0 fully saturated rings. The van der Waals surface area contributed by atoms with Gasteiger partial charge in [0, 0.05) is 10.2 Å². The molecule has 0 N–H and O–H groups in total. The SMILES string of the molecule is CC=CCC(Br)CBr. The molecule has 48 valence electrons. The van der Waals surface area contributed by atoms with E-state index in [1.165, 1.54) is 0 Å². The molecule has 0 saturated carbocycles. The van der Waals surface area contributed by atoms with Crippen molar-refractivity contribution in [3.05, 3.63) is 12.2 Å². The molecular weight excluding hydrogens is 232 g/mol. The first-order valence-corrected chi connectivity index (χ1v) is 4.66. The maximum atomic E-state index is 3.48. The van der Waals surface area contributed by atoms with E-state index in [-0.39, 0.29) is 0 Å². The van der Waals surface area contributed by atoms with Crippen molar-refractivity contribution in [1.82, 2.24) is 0 Å². The molecule has 0 nitrogen and oxygen atoms in total. The molecule has 0 radical (unpaired) electrons. The van der Waals surface area contributed by atoms with Gasteiger partial charge in [-0.3, -0.25) is 0 Å². The molecule has 0 heterocycles. The van der Waals surface area contributed by atoms with Crippen LogP contribution in [0.2, 0.25) is 0 Å². The Balaban J connectivity index is 3.10. The van der Waals surface area contributed by atoms with Gasteiger partial charge in [0.1, 0.15) is 0 Å². The van der Waals surface area contributed by atoms with Crippen molar-refractivity contribution in [3.8, 4) is 0 Å². The highest BCUT2D eigenvalue weighted by Crippen LogP contribution is 2.08. The Morgan fingerprint density at radius 2 is 2.25 bits per heavy atom. The van der Waals surface area contributed by atoms with Crippen LogP contribution in [0.3, 0.4) is 0 Å². The summed E-state index contributed by atoms with van der Waals surface area (Å²) in [5.74, 6) is 0. The lowest BCUT2D eigenvalue weighted by Crippen LogP contribution is -1.94. The maximum absolute atomic E-state index is 3.48. The molecule has 1 unspecified atom stereocenters. The number of rotatable bonds is 3. The second-order valence-corrected chi connectivity index (χ2v) is 3.50. The van der Waals surface area contributed by atoms with Gasteiger partial charge in [0.2, 0.25) is 0 Å². The highest BCUT2D eigenvalue weighted by Gasteiger charge is 1.95. The molecule has 0 amide bonds.